The summed E-state index contributed by atoms with van der Waals surface area (Å²) in [6.45, 7) is 4.27. The van der Waals surface area contributed by atoms with E-state index >= 15 is 0 Å². The monoisotopic (exact) mass is 494 g/mol. The van der Waals surface area contributed by atoms with Gasteiger partial charge >= 0.3 is 0 Å². The molecule has 0 unspecified atom stereocenters. The van der Waals surface area contributed by atoms with E-state index in [9.17, 15) is 9.18 Å². The Kier molecular flexibility index (Phi) is 8.78. The van der Waals surface area contributed by atoms with Crippen molar-refractivity contribution in [3.05, 3.63) is 66.4 Å². The predicted octanol–water partition coefficient (Wildman–Crippen LogP) is 4.49. The van der Waals surface area contributed by atoms with Crippen LogP contribution in [0.1, 0.15) is 45.1 Å². The number of benzene rings is 1. The van der Waals surface area contributed by atoms with Gasteiger partial charge in [-0.2, -0.15) is 0 Å². The highest BCUT2D eigenvalue weighted by Crippen LogP contribution is 2.33. The number of hydrogen-bond acceptors (Lipinski definition) is 7. The van der Waals surface area contributed by atoms with Crippen molar-refractivity contribution in [2.75, 3.05) is 6.61 Å². The fraction of sp³-hybridized carbons (Fsp3) is 0.407. The highest BCUT2D eigenvalue weighted by molar-refractivity contribution is 5.73. The van der Waals surface area contributed by atoms with Crippen LogP contribution in [0.15, 0.2) is 55.0 Å². The number of aromatic nitrogens is 3. The van der Waals surface area contributed by atoms with Gasteiger partial charge in [0.1, 0.15) is 12.7 Å². The Balaban J connectivity index is 1.40. The van der Waals surface area contributed by atoms with Gasteiger partial charge in [-0.1, -0.05) is 30.3 Å². The van der Waals surface area contributed by atoms with Crippen LogP contribution in [0.25, 0.3) is 11.4 Å². The first-order valence-corrected chi connectivity index (χ1v) is 12.2. The minimum atomic E-state index is -0.503. The normalized spacial score (nSPS) is 18.3. The van der Waals surface area contributed by atoms with E-state index in [1.807, 2.05) is 37.3 Å². The molecule has 0 bridgehead atoms. The molecule has 1 fully saturated rings. The van der Waals surface area contributed by atoms with Crippen LogP contribution >= 0.6 is 0 Å². The lowest BCUT2D eigenvalue weighted by atomic mass is 9.95. The zero-order valence-corrected chi connectivity index (χ0v) is 20.5. The van der Waals surface area contributed by atoms with Gasteiger partial charge in [-0.15, -0.1) is 0 Å². The van der Waals surface area contributed by atoms with E-state index in [0.29, 0.717) is 36.2 Å². The number of nitrogens with zero attached hydrogens (tertiary/aromatic N) is 3. The van der Waals surface area contributed by atoms with Crippen molar-refractivity contribution >= 4 is 5.91 Å². The molecule has 4 rings (SSSR count). The minimum absolute atomic E-state index is 0.0166. The third-order valence-electron chi connectivity index (χ3n) is 5.87. The molecular formula is C27H31FN4O4. The van der Waals surface area contributed by atoms with E-state index < -0.39 is 5.82 Å². The number of ether oxygens (including phenoxy) is 3. The number of rotatable bonds is 10. The molecule has 1 atom stereocenters. The van der Waals surface area contributed by atoms with Crippen LogP contribution in [-0.2, 0) is 16.1 Å². The second-order valence-corrected chi connectivity index (χ2v) is 8.98. The van der Waals surface area contributed by atoms with E-state index in [1.165, 1.54) is 6.92 Å². The molecule has 1 saturated carbocycles. The molecule has 1 aliphatic carbocycles. The number of carbonyl (C=O) groups is 1. The number of amides is 1. The SMILES string of the molecule is CC(=O)N[C@@H](C)CO[C@H]1CC[C@H](Oc2ncc(-c3ncc(F)cn3)cc2OCc2ccccc2)CC1. The molecule has 1 aliphatic rings. The lowest BCUT2D eigenvalue weighted by Crippen LogP contribution is -2.36. The molecule has 2 aromatic heterocycles. The molecule has 8 nitrogen and oxygen atoms in total. The van der Waals surface area contributed by atoms with Crippen molar-refractivity contribution in [1.82, 2.24) is 20.3 Å². The van der Waals surface area contributed by atoms with Crippen molar-refractivity contribution in [2.24, 2.45) is 0 Å². The quantitative estimate of drug-likeness (QED) is 0.444. The molecule has 9 heteroatoms. The van der Waals surface area contributed by atoms with Crippen molar-refractivity contribution in [2.45, 2.75) is 64.4 Å². The Morgan fingerprint density at radius 3 is 2.44 bits per heavy atom. The first-order chi connectivity index (χ1) is 17.5. The first kappa shape index (κ1) is 25.5. The van der Waals surface area contributed by atoms with Crippen LogP contribution in [0, 0.1) is 5.82 Å². The number of hydrogen-bond donors (Lipinski definition) is 1. The van der Waals surface area contributed by atoms with Crippen LogP contribution in [0.3, 0.4) is 0 Å². The fourth-order valence-electron chi connectivity index (χ4n) is 4.09. The Morgan fingerprint density at radius 2 is 1.75 bits per heavy atom. The Hall–Kier alpha value is -3.59. The average Bonchev–Trinajstić information content (AvgIpc) is 2.88. The third kappa shape index (κ3) is 7.45. The van der Waals surface area contributed by atoms with Gasteiger partial charge in [-0.25, -0.2) is 19.3 Å². The molecule has 1 N–H and O–H groups in total. The lowest BCUT2D eigenvalue weighted by molar-refractivity contribution is -0.120. The summed E-state index contributed by atoms with van der Waals surface area (Å²) in [4.78, 5) is 23.8. The van der Waals surface area contributed by atoms with E-state index in [4.69, 9.17) is 14.2 Å². The molecule has 0 aliphatic heterocycles. The van der Waals surface area contributed by atoms with Gasteiger partial charge in [0.25, 0.3) is 5.88 Å². The summed E-state index contributed by atoms with van der Waals surface area (Å²) in [5, 5.41) is 2.83. The molecule has 0 saturated heterocycles. The summed E-state index contributed by atoms with van der Waals surface area (Å²) in [5.74, 6) is 0.674. The van der Waals surface area contributed by atoms with Crippen LogP contribution in [0.5, 0.6) is 11.6 Å². The maximum absolute atomic E-state index is 13.3. The van der Waals surface area contributed by atoms with Crippen molar-refractivity contribution in [3.8, 4) is 23.0 Å². The molecule has 3 aromatic rings. The molecule has 2 heterocycles. The topological polar surface area (TPSA) is 95.5 Å². The number of pyridine rings is 1. The number of carbonyl (C=O) groups excluding carboxylic acids is 1. The summed E-state index contributed by atoms with van der Waals surface area (Å²) in [6, 6.07) is 11.6. The minimum Gasteiger partial charge on any atom is -0.483 e. The molecule has 190 valence electrons. The molecule has 0 spiro atoms. The van der Waals surface area contributed by atoms with Gasteiger partial charge in [0, 0.05) is 24.7 Å². The highest BCUT2D eigenvalue weighted by Gasteiger charge is 2.25. The standard InChI is InChI=1S/C27H31FN4O4/c1-18(32-19(2)33)16-34-23-8-10-24(11-9-23)36-27-25(35-17-20-6-4-3-5-7-20)12-21(13-31-27)26-29-14-22(28)15-30-26/h3-7,12-15,18,23-24H,8-11,16-17H2,1-2H3,(H,32,33)/t18-,23-,24-/m0/s1. The first-order valence-electron chi connectivity index (χ1n) is 12.2. The van der Waals surface area contributed by atoms with Crippen molar-refractivity contribution in [1.29, 1.82) is 0 Å². The van der Waals surface area contributed by atoms with Crippen LogP contribution in [0.2, 0.25) is 0 Å². The summed E-state index contributed by atoms with van der Waals surface area (Å²) in [5.41, 5.74) is 1.62. The largest absolute Gasteiger partial charge is 0.483 e. The van der Waals surface area contributed by atoms with E-state index in [0.717, 1.165) is 43.6 Å². The number of halogens is 1. The molecule has 1 amide bonds. The van der Waals surface area contributed by atoms with Gasteiger partial charge in [0.15, 0.2) is 17.4 Å². The Morgan fingerprint density at radius 1 is 1.06 bits per heavy atom. The highest BCUT2D eigenvalue weighted by atomic mass is 19.1. The van der Waals surface area contributed by atoms with Gasteiger partial charge in [-0.3, -0.25) is 4.79 Å². The van der Waals surface area contributed by atoms with E-state index in [1.54, 1.807) is 12.3 Å². The van der Waals surface area contributed by atoms with Crippen molar-refractivity contribution < 1.29 is 23.4 Å². The predicted molar refractivity (Wildman–Crippen MR) is 132 cm³/mol. The number of nitrogens with one attached hydrogen (secondary N) is 1. The van der Waals surface area contributed by atoms with Gasteiger partial charge in [0.2, 0.25) is 5.91 Å². The van der Waals surface area contributed by atoms with Crippen LogP contribution in [0.4, 0.5) is 4.39 Å². The summed E-state index contributed by atoms with van der Waals surface area (Å²) >= 11 is 0. The average molecular weight is 495 g/mol. The smallest absolute Gasteiger partial charge is 0.257 e. The maximum Gasteiger partial charge on any atom is 0.257 e. The van der Waals surface area contributed by atoms with Gasteiger partial charge < -0.3 is 19.5 Å². The molecule has 36 heavy (non-hydrogen) atoms. The van der Waals surface area contributed by atoms with Gasteiger partial charge in [-0.05, 0) is 44.2 Å². The van der Waals surface area contributed by atoms with E-state index in [-0.39, 0.29) is 24.2 Å². The van der Waals surface area contributed by atoms with Crippen molar-refractivity contribution in [3.63, 3.8) is 0 Å². The third-order valence-corrected chi connectivity index (χ3v) is 5.87. The zero-order valence-electron chi connectivity index (χ0n) is 20.5. The molecular weight excluding hydrogens is 463 g/mol. The summed E-state index contributed by atoms with van der Waals surface area (Å²) in [6.07, 6.45) is 7.33. The molecule has 0 radical (unpaired) electrons. The Labute approximate surface area is 210 Å². The second kappa shape index (κ2) is 12.4. The van der Waals surface area contributed by atoms with Crippen LogP contribution < -0.4 is 14.8 Å². The Bertz CT molecular complexity index is 1120. The fourth-order valence-corrected chi connectivity index (χ4v) is 4.09. The zero-order chi connectivity index (χ0) is 25.3. The van der Waals surface area contributed by atoms with Gasteiger partial charge in [0.05, 0.1) is 25.1 Å². The summed E-state index contributed by atoms with van der Waals surface area (Å²) in [7, 11) is 0. The van der Waals surface area contributed by atoms with Crippen LogP contribution in [-0.4, -0.2) is 45.7 Å². The van der Waals surface area contributed by atoms with E-state index in [2.05, 4.69) is 20.3 Å². The molecule has 1 aromatic carbocycles. The maximum atomic E-state index is 13.3. The second-order valence-electron chi connectivity index (χ2n) is 8.98. The lowest BCUT2D eigenvalue weighted by Gasteiger charge is -2.30. The summed E-state index contributed by atoms with van der Waals surface area (Å²) < 4.78 is 31.6.